The smallest absolute Gasteiger partial charge is 0.358 e. The number of hydrogen-bond acceptors (Lipinski definition) is 6. The van der Waals surface area contributed by atoms with Gasteiger partial charge in [-0.25, -0.2) is 9.78 Å². The Morgan fingerprint density at radius 2 is 2.19 bits per heavy atom. The number of aromatic nitrogens is 1. The first kappa shape index (κ1) is 14.5. The minimum atomic E-state index is -0.551. The highest BCUT2D eigenvalue weighted by atomic mass is 32.1. The number of thiazole rings is 1. The van der Waals surface area contributed by atoms with Crippen LogP contribution in [0.1, 0.15) is 52.8 Å². The Morgan fingerprint density at radius 3 is 2.76 bits per heavy atom. The summed E-state index contributed by atoms with van der Waals surface area (Å²) in [6.07, 6.45) is 5.41. The van der Waals surface area contributed by atoms with Crippen LogP contribution in [0.2, 0.25) is 0 Å². The molecule has 3 rings (SSSR count). The van der Waals surface area contributed by atoms with Crippen LogP contribution in [0.4, 0.5) is 5.13 Å². The lowest BCUT2D eigenvalue weighted by Crippen LogP contribution is -2.20. The molecule has 2 bridgehead atoms. The molecule has 5 nitrogen and oxygen atoms in total. The number of hydrogen-bond donors (Lipinski definition) is 1. The second kappa shape index (κ2) is 5.75. The van der Waals surface area contributed by atoms with Gasteiger partial charge in [0.25, 0.3) is 0 Å². The number of Topliss-reactive ketones (excluding diaryl/α,β-unsaturated/α-hetero) is 1. The van der Waals surface area contributed by atoms with Gasteiger partial charge in [0.15, 0.2) is 16.6 Å². The van der Waals surface area contributed by atoms with E-state index in [2.05, 4.69) is 15.0 Å². The normalized spacial score (nSPS) is 26.9. The van der Waals surface area contributed by atoms with Gasteiger partial charge in [-0.1, -0.05) is 17.8 Å². The van der Waals surface area contributed by atoms with E-state index in [4.69, 9.17) is 0 Å². The van der Waals surface area contributed by atoms with Gasteiger partial charge < -0.3 is 10.1 Å². The summed E-state index contributed by atoms with van der Waals surface area (Å²) in [5.41, 5.74) is 0.130. The van der Waals surface area contributed by atoms with E-state index in [-0.39, 0.29) is 11.5 Å². The van der Waals surface area contributed by atoms with Crippen LogP contribution < -0.4 is 5.32 Å². The molecule has 114 valence electrons. The molecular formula is C15H20N2O3S. The summed E-state index contributed by atoms with van der Waals surface area (Å²) in [5, 5.41) is 3.96. The number of anilines is 1. The third-order valence-corrected chi connectivity index (χ3v) is 5.84. The quantitative estimate of drug-likeness (QED) is 0.669. The first-order valence-corrected chi connectivity index (χ1v) is 8.24. The molecule has 1 N–H and O–H groups in total. The van der Waals surface area contributed by atoms with E-state index in [1.165, 1.54) is 51.1 Å². The molecule has 0 saturated heterocycles. The predicted molar refractivity (Wildman–Crippen MR) is 80.9 cm³/mol. The van der Waals surface area contributed by atoms with Crippen molar-refractivity contribution in [3.8, 4) is 0 Å². The molecule has 6 heteroatoms. The average Bonchev–Trinajstić information content (AvgIpc) is 3.18. The van der Waals surface area contributed by atoms with Crippen molar-refractivity contribution in [1.29, 1.82) is 0 Å². The maximum atomic E-state index is 11.7. The van der Waals surface area contributed by atoms with Crippen molar-refractivity contribution in [2.75, 3.05) is 19.0 Å². The fraction of sp³-hybridized carbons (Fsp3) is 0.667. The molecule has 0 aliphatic heterocycles. The first-order valence-electron chi connectivity index (χ1n) is 7.42. The minimum absolute atomic E-state index is 0.130. The molecule has 0 amide bonds. The standard InChI is InChI=1S/C15H20N2O3S/c1-8(18)13-12(14(19)20-2)17-15(21-13)16-7-11-6-9-3-4-10(11)5-9/h9-11H,3-7H2,1-2H3,(H,16,17). The van der Waals surface area contributed by atoms with Gasteiger partial charge in [-0.15, -0.1) is 0 Å². The maximum Gasteiger partial charge on any atom is 0.358 e. The molecule has 0 radical (unpaired) electrons. The maximum absolute atomic E-state index is 11.7. The molecule has 0 aromatic carbocycles. The Labute approximate surface area is 128 Å². The van der Waals surface area contributed by atoms with Gasteiger partial charge in [0.05, 0.1) is 7.11 Å². The summed E-state index contributed by atoms with van der Waals surface area (Å²) in [6.45, 7) is 2.33. The van der Waals surface area contributed by atoms with E-state index >= 15 is 0 Å². The third-order valence-electron chi connectivity index (χ3n) is 4.73. The van der Waals surface area contributed by atoms with Gasteiger partial charge in [0.1, 0.15) is 4.88 Å². The number of esters is 1. The predicted octanol–water partition coefficient (Wildman–Crippen LogP) is 2.98. The van der Waals surface area contributed by atoms with Gasteiger partial charge in [0, 0.05) is 13.5 Å². The molecule has 3 unspecified atom stereocenters. The average molecular weight is 308 g/mol. The zero-order chi connectivity index (χ0) is 15.0. The van der Waals surface area contributed by atoms with E-state index in [1.807, 2.05) is 0 Å². The number of ketones is 1. The van der Waals surface area contributed by atoms with E-state index in [0.717, 1.165) is 18.4 Å². The first-order chi connectivity index (χ1) is 10.1. The summed E-state index contributed by atoms with van der Waals surface area (Å²) < 4.78 is 4.68. The SMILES string of the molecule is COC(=O)c1nc(NCC2CC3CCC2C3)sc1C(C)=O. The van der Waals surface area contributed by atoms with Gasteiger partial charge in [-0.05, 0) is 37.0 Å². The van der Waals surface area contributed by atoms with E-state index in [0.29, 0.717) is 15.9 Å². The molecule has 21 heavy (non-hydrogen) atoms. The summed E-state index contributed by atoms with van der Waals surface area (Å²) >= 11 is 1.24. The largest absolute Gasteiger partial charge is 0.464 e. The topological polar surface area (TPSA) is 68.3 Å². The van der Waals surface area contributed by atoms with Crippen LogP contribution in [0.15, 0.2) is 0 Å². The highest BCUT2D eigenvalue weighted by Crippen LogP contribution is 2.48. The van der Waals surface area contributed by atoms with Crippen molar-refractivity contribution in [3.63, 3.8) is 0 Å². The lowest BCUT2D eigenvalue weighted by molar-refractivity contribution is 0.0591. The number of carbonyl (C=O) groups is 2. The van der Waals surface area contributed by atoms with Crippen molar-refractivity contribution in [2.45, 2.75) is 32.6 Å². The fourth-order valence-electron chi connectivity index (χ4n) is 3.71. The van der Waals surface area contributed by atoms with Crippen molar-refractivity contribution in [1.82, 2.24) is 4.98 Å². The van der Waals surface area contributed by atoms with Crippen molar-refractivity contribution in [3.05, 3.63) is 10.6 Å². The highest BCUT2D eigenvalue weighted by molar-refractivity contribution is 7.17. The monoisotopic (exact) mass is 308 g/mol. The number of nitrogens with zero attached hydrogens (tertiary/aromatic N) is 1. The van der Waals surface area contributed by atoms with Gasteiger partial charge in [-0.3, -0.25) is 4.79 Å². The number of rotatable bonds is 5. The van der Waals surface area contributed by atoms with Crippen molar-refractivity contribution >= 4 is 28.2 Å². The Morgan fingerprint density at radius 1 is 1.38 bits per heavy atom. The molecule has 1 aromatic heterocycles. The van der Waals surface area contributed by atoms with Crippen molar-refractivity contribution < 1.29 is 14.3 Å². The minimum Gasteiger partial charge on any atom is -0.464 e. The highest BCUT2D eigenvalue weighted by Gasteiger charge is 2.39. The van der Waals surface area contributed by atoms with Gasteiger partial charge >= 0.3 is 5.97 Å². The number of methoxy groups -OCH3 is 1. The zero-order valence-corrected chi connectivity index (χ0v) is 13.2. The molecular weight excluding hydrogens is 288 g/mol. The molecule has 2 saturated carbocycles. The van der Waals surface area contributed by atoms with E-state index < -0.39 is 5.97 Å². The summed E-state index contributed by atoms with van der Waals surface area (Å²) in [5.74, 6) is 1.76. The molecule has 1 heterocycles. The summed E-state index contributed by atoms with van der Waals surface area (Å²) in [7, 11) is 1.30. The van der Waals surface area contributed by atoms with Crippen LogP contribution in [0, 0.1) is 17.8 Å². The second-order valence-corrected chi connectivity index (χ2v) is 7.06. The second-order valence-electron chi connectivity index (χ2n) is 6.06. The number of nitrogens with one attached hydrogen (secondary N) is 1. The number of ether oxygens (including phenoxy) is 1. The molecule has 0 spiro atoms. The molecule has 2 aliphatic carbocycles. The third kappa shape index (κ3) is 2.81. The van der Waals surface area contributed by atoms with E-state index in [9.17, 15) is 9.59 Å². The van der Waals surface area contributed by atoms with Crippen LogP contribution in [-0.4, -0.2) is 30.4 Å². The van der Waals surface area contributed by atoms with Gasteiger partial charge in [0.2, 0.25) is 0 Å². The lowest BCUT2D eigenvalue weighted by Gasteiger charge is -2.21. The van der Waals surface area contributed by atoms with Crippen LogP contribution in [0.3, 0.4) is 0 Å². The van der Waals surface area contributed by atoms with Gasteiger partial charge in [-0.2, -0.15) is 0 Å². The summed E-state index contributed by atoms with van der Waals surface area (Å²) in [4.78, 5) is 27.9. The Kier molecular flexibility index (Phi) is 3.97. The van der Waals surface area contributed by atoms with Crippen LogP contribution in [-0.2, 0) is 4.74 Å². The zero-order valence-electron chi connectivity index (χ0n) is 12.3. The summed E-state index contributed by atoms with van der Waals surface area (Å²) in [6, 6.07) is 0. The Balaban J connectivity index is 1.68. The Bertz CT molecular complexity index is 569. The Hall–Kier alpha value is -1.43. The van der Waals surface area contributed by atoms with Crippen molar-refractivity contribution in [2.24, 2.45) is 17.8 Å². The molecule has 1 aromatic rings. The van der Waals surface area contributed by atoms with Crippen LogP contribution in [0.25, 0.3) is 0 Å². The van der Waals surface area contributed by atoms with Crippen LogP contribution in [0.5, 0.6) is 0 Å². The van der Waals surface area contributed by atoms with Crippen LogP contribution >= 0.6 is 11.3 Å². The number of fused-ring (bicyclic) bond motifs is 2. The lowest BCUT2D eigenvalue weighted by atomic mass is 9.89. The number of carbonyl (C=O) groups excluding carboxylic acids is 2. The molecule has 2 aliphatic rings. The van der Waals surface area contributed by atoms with E-state index in [1.54, 1.807) is 0 Å². The fourth-order valence-corrected chi connectivity index (χ4v) is 4.57. The molecule has 2 fully saturated rings. The molecule has 3 atom stereocenters.